The molecule has 0 aromatic carbocycles. The summed E-state index contributed by atoms with van der Waals surface area (Å²) in [5.74, 6) is -0.834. The van der Waals surface area contributed by atoms with Crippen molar-refractivity contribution in [1.82, 2.24) is 4.90 Å². The van der Waals surface area contributed by atoms with Crippen LogP contribution in [0.25, 0.3) is 0 Å². The van der Waals surface area contributed by atoms with Crippen molar-refractivity contribution < 1.29 is 9.90 Å². The van der Waals surface area contributed by atoms with Gasteiger partial charge in [0.1, 0.15) is 0 Å². The smallest absolute Gasteiger partial charge is 0.315 e. The predicted octanol–water partition coefficient (Wildman–Crippen LogP) is 2.20. The van der Waals surface area contributed by atoms with Crippen molar-refractivity contribution in [2.45, 2.75) is 58.5 Å². The normalized spacial score (nSPS) is 13.0. The summed E-state index contributed by atoms with van der Waals surface area (Å²) in [4.78, 5) is 12.3. The lowest BCUT2D eigenvalue weighted by Gasteiger charge is -2.34. The molecule has 4 heteroatoms. The fourth-order valence-corrected chi connectivity index (χ4v) is 1.54. The molecule has 0 fully saturated rings. The second-order valence-corrected chi connectivity index (χ2v) is 4.19. The summed E-state index contributed by atoms with van der Waals surface area (Å²) in [7, 11) is 0. The molecule has 0 saturated heterocycles. The molecule has 1 unspecified atom stereocenters. The fourth-order valence-electron chi connectivity index (χ4n) is 1.54. The maximum Gasteiger partial charge on any atom is 0.315 e. The molecule has 0 bridgehead atoms. The van der Waals surface area contributed by atoms with E-state index < -0.39 is 5.97 Å². The van der Waals surface area contributed by atoms with Gasteiger partial charge in [-0.1, -0.05) is 39.0 Å². The Bertz CT molecular complexity index is 184. The minimum Gasteiger partial charge on any atom is -0.480 e. The van der Waals surface area contributed by atoms with Gasteiger partial charge in [0, 0.05) is 6.17 Å². The van der Waals surface area contributed by atoms with Gasteiger partial charge >= 0.3 is 5.97 Å². The number of hydrogen-bond acceptors (Lipinski definition) is 3. The van der Waals surface area contributed by atoms with Gasteiger partial charge in [0.15, 0.2) is 0 Å². The molecule has 0 aliphatic heterocycles. The predicted molar refractivity (Wildman–Crippen MR) is 65.7 cm³/mol. The summed E-state index contributed by atoms with van der Waals surface area (Å²) < 4.78 is 0. The van der Waals surface area contributed by atoms with Gasteiger partial charge in [-0.15, -0.1) is 0 Å². The molecule has 0 heterocycles. The van der Waals surface area contributed by atoms with E-state index in [0.717, 1.165) is 12.8 Å². The van der Waals surface area contributed by atoms with Crippen molar-refractivity contribution in [3.63, 3.8) is 0 Å². The van der Waals surface area contributed by atoms with E-state index in [1.54, 1.807) is 11.8 Å². The first-order chi connectivity index (χ1) is 7.57. The maximum atomic E-state index is 10.6. The van der Waals surface area contributed by atoms with Gasteiger partial charge in [-0.3, -0.25) is 11.3 Å². The Kier molecular flexibility index (Phi) is 9.24. The molecule has 0 spiro atoms. The molecule has 0 aliphatic carbocycles. The number of carboxylic acid groups (broad SMARTS) is 1. The third kappa shape index (κ3) is 8.68. The summed E-state index contributed by atoms with van der Waals surface area (Å²) in [5.41, 5.74) is 5.68. The first-order valence-electron chi connectivity index (χ1n) is 6.14. The third-order valence-corrected chi connectivity index (χ3v) is 2.51. The van der Waals surface area contributed by atoms with Crippen LogP contribution in [-0.2, 0) is 4.79 Å². The van der Waals surface area contributed by atoms with Crippen LogP contribution in [0, 0.1) is 6.54 Å². The lowest BCUT2D eigenvalue weighted by atomic mass is 10.1. The van der Waals surface area contributed by atoms with E-state index in [-0.39, 0.29) is 12.7 Å². The van der Waals surface area contributed by atoms with E-state index in [0.29, 0.717) is 0 Å². The monoisotopic (exact) mass is 229 g/mol. The summed E-state index contributed by atoms with van der Waals surface area (Å²) in [5, 5.41) is 8.69. The zero-order valence-corrected chi connectivity index (χ0v) is 10.5. The molecule has 0 amide bonds. The third-order valence-electron chi connectivity index (χ3n) is 2.51. The van der Waals surface area contributed by atoms with Gasteiger partial charge in [0.25, 0.3) is 0 Å². The molecule has 0 rings (SSSR count). The summed E-state index contributed by atoms with van der Waals surface area (Å²) in [6, 6.07) is 0. The Balaban J connectivity index is 3.56. The van der Waals surface area contributed by atoms with E-state index in [2.05, 4.69) is 6.92 Å². The molecule has 0 aromatic heterocycles. The zero-order chi connectivity index (χ0) is 12.4. The standard InChI is InChI=1S/C12H25N2O2/c1-3-4-5-6-7-8-9-14(11(2)13)10-12(15)16/h9,11H,3-8,10,13H2,1-2H3,(H,15,16)/q-1. The molecule has 96 valence electrons. The summed E-state index contributed by atoms with van der Waals surface area (Å²) in [6.45, 7) is 5.91. The van der Waals surface area contributed by atoms with Crippen LogP contribution >= 0.6 is 0 Å². The molecule has 0 saturated carbocycles. The number of hydrogen-bond donors (Lipinski definition) is 2. The average Bonchev–Trinajstić information content (AvgIpc) is 2.20. The van der Waals surface area contributed by atoms with Crippen LogP contribution < -0.4 is 5.73 Å². The van der Waals surface area contributed by atoms with Crippen molar-refractivity contribution in [1.29, 1.82) is 0 Å². The second-order valence-electron chi connectivity index (χ2n) is 4.19. The van der Waals surface area contributed by atoms with Crippen LogP contribution in [0.1, 0.15) is 52.4 Å². The van der Waals surface area contributed by atoms with Gasteiger partial charge in [-0.05, 0) is 6.92 Å². The van der Waals surface area contributed by atoms with Crippen LogP contribution in [0.2, 0.25) is 0 Å². The molecule has 1 atom stereocenters. The molecule has 16 heavy (non-hydrogen) atoms. The van der Waals surface area contributed by atoms with Crippen LogP contribution in [0.4, 0.5) is 0 Å². The SMILES string of the molecule is CCCCCCC[CH-]N(CC(=O)O)C(C)N. The topological polar surface area (TPSA) is 66.6 Å². The van der Waals surface area contributed by atoms with Crippen molar-refractivity contribution in [3.8, 4) is 0 Å². The van der Waals surface area contributed by atoms with Gasteiger partial charge in [0.2, 0.25) is 0 Å². The summed E-state index contributed by atoms with van der Waals surface area (Å²) >= 11 is 0. The minimum absolute atomic E-state index is 0.00731. The highest BCUT2D eigenvalue weighted by molar-refractivity contribution is 5.69. The lowest BCUT2D eigenvalue weighted by molar-refractivity contribution is -0.138. The van der Waals surface area contributed by atoms with Crippen molar-refractivity contribution in [2.75, 3.05) is 6.54 Å². The zero-order valence-electron chi connectivity index (χ0n) is 10.5. The number of rotatable bonds is 10. The number of aliphatic carboxylic acids is 1. The Hall–Kier alpha value is -0.610. The van der Waals surface area contributed by atoms with E-state index >= 15 is 0 Å². The van der Waals surface area contributed by atoms with E-state index in [1.165, 1.54) is 25.7 Å². The Morgan fingerprint density at radius 1 is 1.38 bits per heavy atom. The maximum absolute atomic E-state index is 10.6. The highest BCUT2D eigenvalue weighted by Gasteiger charge is 2.04. The average molecular weight is 229 g/mol. The van der Waals surface area contributed by atoms with E-state index in [1.807, 2.05) is 6.54 Å². The molecule has 0 aromatic rings. The van der Waals surface area contributed by atoms with Crippen molar-refractivity contribution in [2.24, 2.45) is 5.73 Å². The van der Waals surface area contributed by atoms with Gasteiger partial charge in [-0.2, -0.15) is 6.42 Å². The first-order valence-corrected chi connectivity index (χ1v) is 6.14. The van der Waals surface area contributed by atoms with Crippen molar-refractivity contribution >= 4 is 5.97 Å². The largest absolute Gasteiger partial charge is 0.480 e. The molecular weight excluding hydrogens is 204 g/mol. The Morgan fingerprint density at radius 2 is 2.00 bits per heavy atom. The number of unbranched alkanes of at least 4 members (excludes halogenated alkanes) is 5. The number of nitrogens with zero attached hydrogens (tertiary/aromatic N) is 1. The molecule has 0 aliphatic rings. The van der Waals surface area contributed by atoms with Crippen LogP contribution in [-0.4, -0.2) is 28.7 Å². The van der Waals surface area contributed by atoms with Gasteiger partial charge in [0.05, 0.1) is 6.54 Å². The van der Waals surface area contributed by atoms with E-state index in [4.69, 9.17) is 10.8 Å². The molecule has 4 nitrogen and oxygen atoms in total. The Labute approximate surface area is 98.8 Å². The van der Waals surface area contributed by atoms with E-state index in [9.17, 15) is 4.79 Å². The molecular formula is C12H25N2O2-. The van der Waals surface area contributed by atoms with Crippen LogP contribution in [0.15, 0.2) is 0 Å². The number of nitrogens with two attached hydrogens (primary N) is 1. The minimum atomic E-state index is -0.834. The van der Waals surface area contributed by atoms with Gasteiger partial charge in [-0.25, -0.2) is 0 Å². The van der Waals surface area contributed by atoms with Crippen LogP contribution in [0.3, 0.4) is 0 Å². The number of carboxylic acids is 1. The molecule has 0 radical (unpaired) electrons. The highest BCUT2D eigenvalue weighted by atomic mass is 16.4. The first kappa shape index (κ1) is 15.4. The van der Waals surface area contributed by atoms with Gasteiger partial charge < -0.3 is 15.7 Å². The highest BCUT2D eigenvalue weighted by Crippen LogP contribution is 2.09. The number of carbonyl (C=O) groups is 1. The Morgan fingerprint density at radius 3 is 2.50 bits per heavy atom. The molecule has 3 N–H and O–H groups in total. The second kappa shape index (κ2) is 9.60. The van der Waals surface area contributed by atoms with Crippen LogP contribution in [0.5, 0.6) is 0 Å². The quantitative estimate of drug-likeness (QED) is 0.342. The summed E-state index contributed by atoms with van der Waals surface area (Å²) in [6.07, 6.45) is 6.81. The lowest BCUT2D eigenvalue weighted by Crippen LogP contribution is -2.40. The fraction of sp³-hybridized carbons (Fsp3) is 0.833. The van der Waals surface area contributed by atoms with Crippen molar-refractivity contribution in [3.05, 3.63) is 6.54 Å².